The van der Waals surface area contributed by atoms with E-state index < -0.39 is 0 Å². The van der Waals surface area contributed by atoms with Crippen molar-refractivity contribution in [3.05, 3.63) is 46.0 Å². The Hall–Kier alpha value is -1.33. The Bertz CT molecular complexity index is 750. The Labute approximate surface area is 129 Å². The Morgan fingerprint density at radius 2 is 2.20 bits per heavy atom. The number of aryl methyl sites for hydroxylation is 2. The highest BCUT2D eigenvalue weighted by molar-refractivity contribution is 9.10. The molecule has 4 nitrogen and oxygen atoms in total. The Morgan fingerprint density at radius 1 is 1.35 bits per heavy atom. The van der Waals surface area contributed by atoms with E-state index in [1.54, 1.807) is 0 Å². The number of nitrogens with zero attached hydrogens (tertiary/aromatic N) is 3. The van der Waals surface area contributed by atoms with Crippen LogP contribution in [0, 0.1) is 6.92 Å². The van der Waals surface area contributed by atoms with Gasteiger partial charge in [0.25, 0.3) is 0 Å². The molecule has 0 atom stereocenters. The molecule has 3 rings (SSSR count). The van der Waals surface area contributed by atoms with Gasteiger partial charge in [0.2, 0.25) is 0 Å². The first kappa shape index (κ1) is 13.6. The summed E-state index contributed by atoms with van der Waals surface area (Å²) in [6.07, 6.45) is 0.723. The molecule has 3 aromatic rings. The van der Waals surface area contributed by atoms with E-state index in [-0.39, 0.29) is 0 Å². The summed E-state index contributed by atoms with van der Waals surface area (Å²) in [4.78, 5) is 4.64. The second-order valence-electron chi connectivity index (χ2n) is 4.62. The average molecular weight is 355 g/mol. The summed E-state index contributed by atoms with van der Waals surface area (Å²) >= 11 is 9.38. The van der Waals surface area contributed by atoms with Crippen molar-refractivity contribution >= 4 is 38.6 Å². The molecule has 2 heterocycles. The number of fused-ring (bicyclic) bond motifs is 1. The summed E-state index contributed by atoms with van der Waals surface area (Å²) in [7, 11) is 0. The van der Waals surface area contributed by atoms with E-state index in [0.29, 0.717) is 12.4 Å². The van der Waals surface area contributed by atoms with Crippen molar-refractivity contribution in [2.45, 2.75) is 19.9 Å². The minimum absolute atomic E-state index is 0.542. The fourth-order valence-corrected chi connectivity index (χ4v) is 2.76. The summed E-state index contributed by atoms with van der Waals surface area (Å²) in [6.45, 7) is 2.52. The van der Waals surface area contributed by atoms with Gasteiger partial charge in [0.1, 0.15) is 5.82 Å². The molecule has 0 saturated heterocycles. The molecule has 0 aliphatic carbocycles. The number of imidazole rings is 1. The normalized spacial score (nSPS) is 11.3. The third kappa shape index (κ3) is 2.60. The molecule has 0 bridgehead atoms. The summed E-state index contributed by atoms with van der Waals surface area (Å²) in [5.74, 6) is 2.32. The largest absolute Gasteiger partial charge is 0.359 e. The highest BCUT2D eigenvalue weighted by Gasteiger charge is 2.13. The van der Waals surface area contributed by atoms with Gasteiger partial charge in [0.15, 0.2) is 5.76 Å². The van der Waals surface area contributed by atoms with Crippen LogP contribution in [0.4, 0.5) is 0 Å². The Balaban J connectivity index is 2.09. The third-order valence-corrected chi connectivity index (χ3v) is 3.78. The molecule has 0 aliphatic rings. The zero-order valence-electron chi connectivity index (χ0n) is 10.9. The van der Waals surface area contributed by atoms with Gasteiger partial charge in [0, 0.05) is 22.8 Å². The molecule has 2 aromatic heterocycles. The number of aromatic nitrogens is 3. The molecule has 0 amide bonds. The first-order valence-corrected chi connectivity index (χ1v) is 7.63. The molecule has 0 N–H and O–H groups in total. The molecule has 6 heteroatoms. The maximum absolute atomic E-state index is 5.88. The summed E-state index contributed by atoms with van der Waals surface area (Å²) in [6, 6.07) is 7.99. The quantitative estimate of drug-likeness (QED) is 0.667. The van der Waals surface area contributed by atoms with E-state index in [9.17, 15) is 0 Å². The number of hydrogen-bond acceptors (Lipinski definition) is 3. The van der Waals surface area contributed by atoms with Gasteiger partial charge < -0.3 is 9.09 Å². The molecule has 20 heavy (non-hydrogen) atoms. The zero-order chi connectivity index (χ0) is 14.1. The van der Waals surface area contributed by atoms with Crippen molar-refractivity contribution in [2.75, 3.05) is 5.88 Å². The summed E-state index contributed by atoms with van der Waals surface area (Å²) in [5.41, 5.74) is 2.91. The second-order valence-corrected chi connectivity index (χ2v) is 5.91. The van der Waals surface area contributed by atoms with E-state index >= 15 is 0 Å². The lowest BCUT2D eigenvalue weighted by Crippen LogP contribution is -2.05. The van der Waals surface area contributed by atoms with Gasteiger partial charge in [0.05, 0.1) is 23.3 Å². The predicted octanol–water partition coefficient (Wildman–Crippen LogP) is 3.92. The van der Waals surface area contributed by atoms with Crippen LogP contribution in [0.2, 0.25) is 0 Å². The highest BCUT2D eigenvalue weighted by atomic mass is 79.9. The number of hydrogen-bond donors (Lipinski definition) is 0. The lowest BCUT2D eigenvalue weighted by atomic mass is 10.3. The summed E-state index contributed by atoms with van der Waals surface area (Å²) in [5, 5.41) is 3.93. The third-order valence-electron chi connectivity index (χ3n) is 3.10. The standard InChI is InChI=1S/C14H13BrClN3O/c1-9-6-11(20-18-9)8-19-13-7-10(15)2-3-12(13)17-14(19)4-5-16/h2-3,6-7H,4-5,8H2,1H3. The molecule has 0 aliphatic heterocycles. The van der Waals surface area contributed by atoms with Crippen LogP contribution >= 0.6 is 27.5 Å². The van der Waals surface area contributed by atoms with Crippen molar-refractivity contribution in [1.29, 1.82) is 0 Å². The van der Waals surface area contributed by atoms with Gasteiger partial charge in [-0.2, -0.15) is 0 Å². The first-order chi connectivity index (χ1) is 9.67. The van der Waals surface area contributed by atoms with E-state index in [1.807, 2.05) is 25.1 Å². The van der Waals surface area contributed by atoms with Crippen LogP contribution in [0.15, 0.2) is 33.3 Å². The van der Waals surface area contributed by atoms with Crippen molar-refractivity contribution in [3.8, 4) is 0 Å². The van der Waals surface area contributed by atoms with Gasteiger partial charge in [-0.15, -0.1) is 11.6 Å². The molecule has 0 radical (unpaired) electrons. The minimum Gasteiger partial charge on any atom is -0.359 e. The number of benzene rings is 1. The van der Waals surface area contributed by atoms with Crippen LogP contribution < -0.4 is 0 Å². The molecule has 0 saturated carbocycles. The second kappa shape index (κ2) is 5.58. The number of halogens is 2. The van der Waals surface area contributed by atoms with Crippen LogP contribution in [0.25, 0.3) is 11.0 Å². The monoisotopic (exact) mass is 353 g/mol. The van der Waals surface area contributed by atoms with E-state index in [1.165, 1.54) is 0 Å². The number of alkyl halides is 1. The van der Waals surface area contributed by atoms with E-state index in [2.05, 4.69) is 36.7 Å². The Morgan fingerprint density at radius 3 is 2.90 bits per heavy atom. The lowest BCUT2D eigenvalue weighted by molar-refractivity contribution is 0.373. The average Bonchev–Trinajstić information content (AvgIpc) is 2.96. The van der Waals surface area contributed by atoms with Crippen molar-refractivity contribution < 1.29 is 4.52 Å². The Kier molecular flexibility index (Phi) is 3.81. The molecule has 0 fully saturated rings. The lowest BCUT2D eigenvalue weighted by Gasteiger charge is -2.06. The molecule has 0 unspecified atom stereocenters. The van der Waals surface area contributed by atoms with Crippen LogP contribution in [0.1, 0.15) is 17.3 Å². The van der Waals surface area contributed by atoms with Crippen molar-refractivity contribution in [2.24, 2.45) is 0 Å². The van der Waals surface area contributed by atoms with Crippen LogP contribution in [-0.4, -0.2) is 20.6 Å². The number of rotatable bonds is 4. The molecule has 104 valence electrons. The molecular formula is C14H13BrClN3O. The topological polar surface area (TPSA) is 43.9 Å². The van der Waals surface area contributed by atoms with Gasteiger partial charge >= 0.3 is 0 Å². The van der Waals surface area contributed by atoms with E-state index in [0.717, 1.165) is 39.2 Å². The van der Waals surface area contributed by atoms with E-state index in [4.69, 9.17) is 16.1 Å². The highest BCUT2D eigenvalue weighted by Crippen LogP contribution is 2.23. The zero-order valence-corrected chi connectivity index (χ0v) is 13.3. The summed E-state index contributed by atoms with van der Waals surface area (Å²) < 4.78 is 8.46. The van der Waals surface area contributed by atoms with Crippen molar-refractivity contribution in [1.82, 2.24) is 14.7 Å². The molecule has 1 aromatic carbocycles. The maximum Gasteiger partial charge on any atom is 0.156 e. The van der Waals surface area contributed by atoms with Crippen LogP contribution in [0.5, 0.6) is 0 Å². The van der Waals surface area contributed by atoms with Crippen LogP contribution in [-0.2, 0) is 13.0 Å². The fraction of sp³-hybridized carbons (Fsp3) is 0.286. The van der Waals surface area contributed by atoms with Gasteiger partial charge in [-0.1, -0.05) is 21.1 Å². The fourth-order valence-electron chi connectivity index (χ4n) is 2.24. The molecule has 0 spiro atoms. The first-order valence-electron chi connectivity index (χ1n) is 6.30. The maximum atomic E-state index is 5.88. The predicted molar refractivity (Wildman–Crippen MR) is 82.2 cm³/mol. The SMILES string of the molecule is Cc1cc(Cn2c(CCCl)nc3ccc(Br)cc32)on1. The minimum atomic E-state index is 0.542. The van der Waals surface area contributed by atoms with Gasteiger partial charge in [-0.25, -0.2) is 4.98 Å². The van der Waals surface area contributed by atoms with Crippen molar-refractivity contribution in [3.63, 3.8) is 0 Å². The molecular weight excluding hydrogens is 342 g/mol. The van der Waals surface area contributed by atoms with Gasteiger partial charge in [-0.3, -0.25) is 0 Å². The smallest absolute Gasteiger partial charge is 0.156 e. The van der Waals surface area contributed by atoms with Crippen LogP contribution in [0.3, 0.4) is 0 Å². The van der Waals surface area contributed by atoms with Gasteiger partial charge in [-0.05, 0) is 25.1 Å².